The summed E-state index contributed by atoms with van der Waals surface area (Å²) in [4.78, 5) is 28.6. The molecule has 0 unspecified atom stereocenters. The number of nitrogens with one attached hydrogen (secondary N) is 1. The van der Waals surface area contributed by atoms with Crippen LogP contribution >= 0.6 is 11.6 Å². The number of hydrogen-bond donors (Lipinski definition) is 1. The molecule has 0 aromatic carbocycles. The monoisotopic (exact) mass is 346 g/mol. The summed E-state index contributed by atoms with van der Waals surface area (Å²) in [7, 11) is 0. The smallest absolute Gasteiger partial charge is 0.224 e. The normalized spacial score (nSPS) is 14.5. The molecular weight excluding hydrogens is 328 g/mol. The van der Waals surface area contributed by atoms with Crippen LogP contribution in [0, 0.1) is 0 Å². The Morgan fingerprint density at radius 1 is 1.21 bits per heavy atom. The van der Waals surface area contributed by atoms with Crippen LogP contribution in [0.15, 0.2) is 36.9 Å². The predicted molar refractivity (Wildman–Crippen MR) is 93.2 cm³/mol. The van der Waals surface area contributed by atoms with Crippen molar-refractivity contribution in [2.24, 2.45) is 0 Å². The van der Waals surface area contributed by atoms with Crippen molar-refractivity contribution in [3.63, 3.8) is 0 Å². The van der Waals surface area contributed by atoms with Crippen LogP contribution in [-0.4, -0.2) is 58.5 Å². The van der Waals surface area contributed by atoms with Crippen LogP contribution in [-0.2, 0) is 4.79 Å². The van der Waals surface area contributed by atoms with Crippen molar-refractivity contribution >= 4 is 29.1 Å². The van der Waals surface area contributed by atoms with Gasteiger partial charge in [-0.3, -0.25) is 4.79 Å². The Balaban J connectivity index is 1.43. The second kappa shape index (κ2) is 7.92. The molecule has 24 heavy (non-hydrogen) atoms. The van der Waals surface area contributed by atoms with Gasteiger partial charge in [0.05, 0.1) is 6.20 Å². The van der Waals surface area contributed by atoms with Gasteiger partial charge in [-0.05, 0) is 12.1 Å². The van der Waals surface area contributed by atoms with E-state index in [0.29, 0.717) is 36.9 Å². The summed E-state index contributed by atoms with van der Waals surface area (Å²) in [6.07, 6.45) is 5.14. The van der Waals surface area contributed by atoms with E-state index in [1.165, 1.54) is 12.5 Å². The predicted octanol–water partition coefficient (Wildman–Crippen LogP) is 1.68. The lowest BCUT2D eigenvalue weighted by atomic mass is 10.2. The Kier molecular flexibility index (Phi) is 5.43. The molecule has 7 nitrogen and oxygen atoms in total. The maximum absolute atomic E-state index is 12.3. The molecule has 0 saturated carbocycles. The fourth-order valence-electron chi connectivity index (χ4n) is 2.61. The number of halogens is 1. The van der Waals surface area contributed by atoms with Crippen molar-refractivity contribution < 1.29 is 4.79 Å². The molecule has 1 saturated heterocycles. The first-order valence-electron chi connectivity index (χ1n) is 7.87. The number of piperazine rings is 1. The number of rotatable bonds is 5. The molecule has 1 N–H and O–H groups in total. The van der Waals surface area contributed by atoms with Gasteiger partial charge in [0.1, 0.15) is 23.0 Å². The van der Waals surface area contributed by atoms with Crippen molar-refractivity contribution in [2.75, 3.05) is 42.9 Å². The number of carbonyl (C=O) groups excluding carboxylic acids is 1. The Labute approximate surface area is 145 Å². The van der Waals surface area contributed by atoms with Crippen LogP contribution in [0.2, 0.25) is 5.02 Å². The Bertz CT molecular complexity index is 675. The molecule has 1 fully saturated rings. The van der Waals surface area contributed by atoms with Crippen LogP contribution in [0.3, 0.4) is 0 Å². The van der Waals surface area contributed by atoms with E-state index in [1.54, 1.807) is 6.20 Å². The number of carbonyl (C=O) groups is 1. The van der Waals surface area contributed by atoms with Gasteiger partial charge in [0.2, 0.25) is 5.91 Å². The number of aromatic nitrogens is 3. The summed E-state index contributed by atoms with van der Waals surface area (Å²) in [5.74, 6) is 1.65. The van der Waals surface area contributed by atoms with Gasteiger partial charge in [0.15, 0.2) is 0 Å². The van der Waals surface area contributed by atoms with E-state index in [4.69, 9.17) is 11.6 Å². The standard InChI is InChI=1S/C16H19ClN6O/c17-13-11-18-12-21-16(13)20-6-4-15(24)23-9-7-22(8-10-23)14-3-1-2-5-19-14/h1-3,5,11-12H,4,6-10H2,(H,18,20,21). The lowest BCUT2D eigenvalue weighted by Gasteiger charge is -2.35. The third-order valence-corrected chi connectivity index (χ3v) is 4.18. The van der Waals surface area contributed by atoms with Crippen molar-refractivity contribution in [3.05, 3.63) is 41.9 Å². The van der Waals surface area contributed by atoms with Gasteiger partial charge in [-0.2, -0.15) is 0 Å². The molecule has 0 bridgehead atoms. The maximum Gasteiger partial charge on any atom is 0.224 e. The first kappa shape index (κ1) is 16.4. The first-order valence-corrected chi connectivity index (χ1v) is 8.25. The van der Waals surface area contributed by atoms with E-state index < -0.39 is 0 Å². The fourth-order valence-corrected chi connectivity index (χ4v) is 2.79. The molecule has 3 heterocycles. The number of hydrogen-bond acceptors (Lipinski definition) is 6. The average molecular weight is 347 g/mol. The molecule has 0 spiro atoms. The summed E-state index contributed by atoms with van der Waals surface area (Å²) in [6, 6.07) is 5.87. The maximum atomic E-state index is 12.3. The van der Waals surface area contributed by atoms with Gasteiger partial charge in [0.25, 0.3) is 0 Å². The quantitative estimate of drug-likeness (QED) is 0.887. The largest absolute Gasteiger partial charge is 0.368 e. The molecule has 8 heteroatoms. The molecule has 2 aromatic rings. The zero-order chi connectivity index (χ0) is 16.8. The van der Waals surface area contributed by atoms with E-state index >= 15 is 0 Å². The summed E-state index contributed by atoms with van der Waals surface area (Å²) in [5.41, 5.74) is 0. The SMILES string of the molecule is O=C(CCNc1ncncc1Cl)N1CCN(c2ccccn2)CC1. The minimum Gasteiger partial charge on any atom is -0.368 e. The van der Waals surface area contributed by atoms with Crippen molar-refractivity contribution in [3.8, 4) is 0 Å². The average Bonchev–Trinajstić information content (AvgIpc) is 2.64. The summed E-state index contributed by atoms with van der Waals surface area (Å²) >= 11 is 5.97. The van der Waals surface area contributed by atoms with Gasteiger partial charge in [-0.25, -0.2) is 15.0 Å². The lowest BCUT2D eigenvalue weighted by molar-refractivity contribution is -0.131. The molecule has 3 rings (SSSR count). The van der Waals surface area contributed by atoms with E-state index in [9.17, 15) is 4.79 Å². The first-order chi connectivity index (χ1) is 11.7. The fraction of sp³-hybridized carbons (Fsp3) is 0.375. The number of anilines is 2. The van der Waals surface area contributed by atoms with Gasteiger partial charge in [0, 0.05) is 45.3 Å². The van der Waals surface area contributed by atoms with E-state index in [1.807, 2.05) is 23.1 Å². The minimum absolute atomic E-state index is 0.133. The van der Waals surface area contributed by atoms with Crippen LogP contribution in [0.1, 0.15) is 6.42 Å². The summed E-state index contributed by atoms with van der Waals surface area (Å²) < 4.78 is 0. The highest BCUT2D eigenvalue weighted by Crippen LogP contribution is 2.16. The Hall–Kier alpha value is -2.41. The zero-order valence-electron chi connectivity index (χ0n) is 13.2. The van der Waals surface area contributed by atoms with E-state index in [2.05, 4.69) is 25.2 Å². The van der Waals surface area contributed by atoms with Crippen LogP contribution in [0.25, 0.3) is 0 Å². The molecule has 1 amide bonds. The van der Waals surface area contributed by atoms with Gasteiger partial charge < -0.3 is 15.1 Å². The van der Waals surface area contributed by atoms with Gasteiger partial charge >= 0.3 is 0 Å². The van der Waals surface area contributed by atoms with Crippen LogP contribution in [0.5, 0.6) is 0 Å². The zero-order valence-corrected chi connectivity index (χ0v) is 14.0. The minimum atomic E-state index is 0.133. The molecule has 0 radical (unpaired) electrons. The Morgan fingerprint density at radius 3 is 2.75 bits per heavy atom. The van der Waals surface area contributed by atoms with Crippen LogP contribution < -0.4 is 10.2 Å². The highest BCUT2D eigenvalue weighted by Gasteiger charge is 2.21. The molecule has 1 aliphatic rings. The molecule has 2 aromatic heterocycles. The van der Waals surface area contributed by atoms with Crippen molar-refractivity contribution in [1.82, 2.24) is 19.9 Å². The van der Waals surface area contributed by atoms with Gasteiger partial charge in [-0.1, -0.05) is 17.7 Å². The highest BCUT2D eigenvalue weighted by atomic mass is 35.5. The van der Waals surface area contributed by atoms with Crippen molar-refractivity contribution in [1.29, 1.82) is 0 Å². The molecule has 126 valence electrons. The topological polar surface area (TPSA) is 74.2 Å². The summed E-state index contributed by atoms with van der Waals surface area (Å²) in [6.45, 7) is 3.52. The third kappa shape index (κ3) is 4.11. The molecule has 0 atom stereocenters. The molecule has 0 aliphatic carbocycles. The second-order valence-electron chi connectivity index (χ2n) is 5.45. The number of amides is 1. The molecular formula is C16H19ClN6O. The van der Waals surface area contributed by atoms with E-state index in [0.717, 1.165) is 18.9 Å². The second-order valence-corrected chi connectivity index (χ2v) is 5.86. The van der Waals surface area contributed by atoms with Crippen LogP contribution in [0.4, 0.5) is 11.6 Å². The van der Waals surface area contributed by atoms with E-state index in [-0.39, 0.29) is 5.91 Å². The van der Waals surface area contributed by atoms with Gasteiger partial charge in [-0.15, -0.1) is 0 Å². The number of pyridine rings is 1. The Morgan fingerprint density at radius 2 is 2.04 bits per heavy atom. The highest BCUT2D eigenvalue weighted by molar-refractivity contribution is 6.32. The lowest BCUT2D eigenvalue weighted by Crippen LogP contribution is -2.49. The number of nitrogens with zero attached hydrogens (tertiary/aromatic N) is 5. The molecule has 1 aliphatic heterocycles. The summed E-state index contributed by atoms with van der Waals surface area (Å²) in [5, 5.41) is 3.52. The van der Waals surface area contributed by atoms with Crippen molar-refractivity contribution in [2.45, 2.75) is 6.42 Å². The third-order valence-electron chi connectivity index (χ3n) is 3.90.